The van der Waals surface area contributed by atoms with Crippen LogP contribution in [0.2, 0.25) is 0 Å². The van der Waals surface area contributed by atoms with Crippen LogP contribution in [0.1, 0.15) is 124 Å². The third kappa shape index (κ3) is 27.9. The lowest BCUT2D eigenvalue weighted by molar-refractivity contribution is -0.143. The van der Waals surface area contributed by atoms with Crippen molar-refractivity contribution in [1.29, 1.82) is 0 Å². The summed E-state index contributed by atoms with van der Waals surface area (Å²) in [5.74, 6) is 0.542. The summed E-state index contributed by atoms with van der Waals surface area (Å²) >= 11 is 5.83. The van der Waals surface area contributed by atoms with Crippen molar-refractivity contribution in [3.8, 4) is 11.5 Å². The highest BCUT2D eigenvalue weighted by atomic mass is 32.1. The molecular weight excluding hydrogens is 1310 g/mol. The maximum Gasteiger partial charge on any atom is 0.330 e. The number of thiazole rings is 2. The zero-order valence-electron chi connectivity index (χ0n) is 55.7. The number of unbranched alkanes of at least 4 members (excludes halogenated alkanes) is 11. The predicted octanol–water partition coefficient (Wildman–Crippen LogP) is 21.2. The number of hydrogen-bond donors (Lipinski definition) is 0. The first-order valence-corrected chi connectivity index (χ1v) is 36.2. The van der Waals surface area contributed by atoms with Gasteiger partial charge in [0, 0.05) is 49.5 Å². The zero-order chi connectivity index (χ0) is 68.7. The normalized spacial score (nSPS) is 11.4. The van der Waals surface area contributed by atoms with Crippen molar-refractivity contribution in [3.05, 3.63) is 135 Å². The average Bonchev–Trinajstić information content (AvgIpc) is 1.70. The first-order chi connectivity index (χ1) is 47.4. The van der Waals surface area contributed by atoms with Crippen molar-refractivity contribution in [2.24, 2.45) is 40.9 Å². The molecule has 0 saturated carbocycles. The molecule has 22 nitrogen and oxygen atoms in total. The maximum absolute atomic E-state index is 11.4. The minimum Gasteiger partial charge on any atom is -0.494 e. The van der Waals surface area contributed by atoms with E-state index in [0.29, 0.717) is 75.8 Å². The van der Waals surface area contributed by atoms with Gasteiger partial charge in [-0.25, -0.2) is 19.6 Å². The molecule has 26 heteroatoms. The van der Waals surface area contributed by atoms with Gasteiger partial charge in [0.2, 0.25) is 10.3 Å². The van der Waals surface area contributed by atoms with Gasteiger partial charge in [0.05, 0.1) is 71.7 Å². The molecule has 4 aromatic carbocycles. The number of hydrogen-bond acceptors (Lipinski definition) is 26. The number of carbonyl (C=O) groups excluding carboxylic acids is 4. The maximum atomic E-state index is 11.4. The molecule has 0 radical (unpaired) electrons. The van der Waals surface area contributed by atoms with E-state index >= 15 is 0 Å². The molecule has 4 aromatic heterocycles. The molecule has 0 aliphatic rings. The van der Waals surface area contributed by atoms with Crippen LogP contribution in [0.25, 0.3) is 19.1 Å². The number of ether oxygens (including phenoxy) is 6. The van der Waals surface area contributed by atoms with Gasteiger partial charge in [-0.05, 0) is 149 Å². The monoisotopic (exact) mass is 1390 g/mol. The van der Waals surface area contributed by atoms with E-state index in [0.717, 1.165) is 146 Å². The molecule has 0 amide bonds. The quantitative estimate of drug-likeness (QED) is 0.0113. The van der Waals surface area contributed by atoms with Gasteiger partial charge in [-0.3, -0.25) is 9.59 Å². The third-order valence-electron chi connectivity index (χ3n) is 14.5. The number of likely N-dealkylation sites (N-methyl/N-ethyl adjacent to an activating group) is 2. The van der Waals surface area contributed by atoms with Crippen molar-refractivity contribution in [2.75, 3.05) is 75.6 Å². The molecular formula is C71H86N12O10S4. The molecule has 0 unspecified atom stereocenters. The van der Waals surface area contributed by atoms with Crippen molar-refractivity contribution < 1.29 is 47.6 Å². The molecule has 8 rings (SSSR count). The second kappa shape index (κ2) is 43.2. The van der Waals surface area contributed by atoms with Gasteiger partial charge in [-0.15, -0.1) is 40.9 Å². The van der Waals surface area contributed by atoms with E-state index in [2.05, 4.69) is 87.7 Å². The molecule has 0 atom stereocenters. The molecule has 514 valence electrons. The predicted molar refractivity (Wildman–Crippen MR) is 389 cm³/mol. The van der Waals surface area contributed by atoms with Crippen molar-refractivity contribution in [3.63, 3.8) is 0 Å². The Bertz CT molecular complexity index is 3750. The smallest absolute Gasteiger partial charge is 0.330 e. The number of thiophene rings is 2. The molecule has 97 heavy (non-hydrogen) atoms. The second-order valence-electron chi connectivity index (χ2n) is 21.7. The van der Waals surface area contributed by atoms with E-state index < -0.39 is 0 Å². The number of benzene rings is 4. The number of esters is 4. The fourth-order valence-corrected chi connectivity index (χ4v) is 12.9. The number of nitrogens with zero attached hydrogens (tertiary/aromatic N) is 12. The molecule has 0 aliphatic carbocycles. The number of aromatic nitrogens is 2. The fourth-order valence-electron chi connectivity index (χ4n) is 9.23. The highest BCUT2D eigenvalue weighted by Gasteiger charge is 2.13. The van der Waals surface area contributed by atoms with Crippen LogP contribution in [0.15, 0.2) is 175 Å². The Morgan fingerprint density at radius 1 is 0.402 bits per heavy atom. The van der Waals surface area contributed by atoms with Crippen LogP contribution in [-0.2, 0) is 38.1 Å². The standard InChI is InChI=1S/C37H46N6O5S2.C34H40N6O5S2/c1-4-34(44)47-25-14-12-10-8-7-9-11-13-24-46-31-21-17-29(18-22-31)39-41-33-27-32-36(50-33)38-37(49-32)42-40-28-15-19-30(20-16-28)43(6-3)23-26-48-35(45)5-2;1-4-31(41)44-22-11-9-7-8-10-21-43-28-18-14-26(15-19-28)36-38-30-24-29-33(47-30)35-34(46-29)39-37-25-12-16-27(17-13-25)40(6-3)20-23-45-32(42)5-2/h4,15-22,27H,1,5-14,23-26H2,2-3H3;4,12-19,24H,1,5-11,20-23H2,2-3H3. The summed E-state index contributed by atoms with van der Waals surface area (Å²) in [6.07, 6.45) is 17.1. The lowest BCUT2D eigenvalue weighted by Crippen LogP contribution is -2.27. The van der Waals surface area contributed by atoms with E-state index in [4.69, 9.17) is 28.4 Å². The van der Waals surface area contributed by atoms with E-state index in [9.17, 15) is 19.2 Å². The molecule has 8 aromatic rings. The summed E-state index contributed by atoms with van der Waals surface area (Å²) in [7, 11) is 0. The van der Waals surface area contributed by atoms with Crippen molar-refractivity contribution >= 4 is 143 Å². The second-order valence-corrected chi connectivity index (χ2v) is 25.7. The zero-order valence-corrected chi connectivity index (χ0v) is 59.0. The van der Waals surface area contributed by atoms with Crippen LogP contribution < -0.4 is 19.3 Å². The molecule has 0 saturated heterocycles. The largest absolute Gasteiger partial charge is 0.494 e. The van der Waals surface area contributed by atoms with Gasteiger partial charge >= 0.3 is 23.9 Å². The highest BCUT2D eigenvalue weighted by molar-refractivity contribution is 7.31. The molecule has 0 aliphatic heterocycles. The number of carbonyl (C=O) groups is 4. The lowest BCUT2D eigenvalue weighted by atomic mass is 10.1. The van der Waals surface area contributed by atoms with Crippen LogP contribution in [0.3, 0.4) is 0 Å². The Balaban J connectivity index is 0.000000274. The highest BCUT2D eigenvalue weighted by Crippen LogP contribution is 2.41. The third-order valence-corrected chi connectivity index (χ3v) is 18.4. The summed E-state index contributed by atoms with van der Waals surface area (Å²) in [4.78, 5) is 59.9. The van der Waals surface area contributed by atoms with Gasteiger partial charge in [0.15, 0.2) is 0 Å². The van der Waals surface area contributed by atoms with E-state index in [1.54, 1.807) is 13.8 Å². The van der Waals surface area contributed by atoms with E-state index in [-0.39, 0.29) is 23.9 Å². The van der Waals surface area contributed by atoms with E-state index in [1.165, 1.54) is 83.2 Å². The molecule has 0 fully saturated rings. The molecule has 0 spiro atoms. The van der Waals surface area contributed by atoms with Crippen LogP contribution in [0.4, 0.5) is 54.4 Å². The minimum absolute atomic E-state index is 0.187. The van der Waals surface area contributed by atoms with Crippen LogP contribution in [0, 0.1) is 0 Å². The number of rotatable bonds is 43. The van der Waals surface area contributed by atoms with Crippen LogP contribution >= 0.6 is 45.3 Å². The minimum atomic E-state index is -0.366. The SMILES string of the molecule is C=CC(=O)OCCCCCCCCCCOc1ccc(N=Nc2cc3sc(N=Nc4ccc(N(CC)CCOC(=O)CC)cc4)nc3s2)cc1.C=CC(=O)OCCCCCCCOc1ccc(N=Nc2cc3sc(N=Nc4ccc(N(CC)CCOC(=O)CC)cc4)nc3s2)cc1. The van der Waals surface area contributed by atoms with Gasteiger partial charge in [0.1, 0.15) is 44.4 Å². The van der Waals surface area contributed by atoms with Crippen molar-refractivity contribution in [1.82, 2.24) is 9.97 Å². The topological polar surface area (TPSA) is 255 Å². The molecule has 4 heterocycles. The first kappa shape index (κ1) is 75.4. The number of azo groups is 4. The number of anilines is 2. The van der Waals surface area contributed by atoms with Gasteiger partial charge in [-0.2, -0.15) is 0 Å². The van der Waals surface area contributed by atoms with Crippen LogP contribution in [-0.4, -0.2) is 99.7 Å². The summed E-state index contributed by atoms with van der Waals surface area (Å²) in [6, 6.07) is 34.7. The van der Waals surface area contributed by atoms with E-state index in [1.807, 2.05) is 109 Å². The summed E-state index contributed by atoms with van der Waals surface area (Å²) in [5.41, 5.74) is 5.01. The lowest BCUT2D eigenvalue weighted by Gasteiger charge is -2.22. The van der Waals surface area contributed by atoms with Gasteiger partial charge < -0.3 is 38.2 Å². The Morgan fingerprint density at radius 3 is 1.06 bits per heavy atom. The van der Waals surface area contributed by atoms with Crippen LogP contribution in [0.5, 0.6) is 11.5 Å². The molecule has 0 bridgehead atoms. The fraction of sp³-hybridized carbons (Fsp3) is 0.408. The Kier molecular flexibility index (Phi) is 33.6. The Hall–Kier alpha value is -8.98. The first-order valence-electron chi connectivity index (χ1n) is 33.0. The van der Waals surface area contributed by atoms with Gasteiger partial charge in [-0.1, -0.05) is 130 Å². The summed E-state index contributed by atoms with van der Waals surface area (Å²) in [6.45, 7) is 20.3. The van der Waals surface area contributed by atoms with Gasteiger partial charge in [0.25, 0.3) is 0 Å². The number of fused-ring (bicyclic) bond motifs is 2. The molecule has 0 N–H and O–H groups in total. The summed E-state index contributed by atoms with van der Waals surface area (Å²) in [5, 5.41) is 37.6. The Labute approximate surface area is 583 Å². The van der Waals surface area contributed by atoms with Crippen molar-refractivity contribution in [2.45, 2.75) is 124 Å². The Morgan fingerprint density at radius 2 is 0.732 bits per heavy atom. The summed E-state index contributed by atoms with van der Waals surface area (Å²) < 4.78 is 34.1. The average molecular weight is 1400 g/mol.